The van der Waals surface area contributed by atoms with Crippen molar-refractivity contribution in [3.8, 4) is 6.07 Å². The predicted molar refractivity (Wildman–Crippen MR) is 99.2 cm³/mol. The van der Waals surface area contributed by atoms with Gasteiger partial charge in [-0.2, -0.15) is 5.26 Å². The van der Waals surface area contributed by atoms with Gasteiger partial charge < -0.3 is 10.5 Å². The Morgan fingerprint density at radius 3 is 3.11 bits per heavy atom. The van der Waals surface area contributed by atoms with Crippen molar-refractivity contribution in [3.05, 3.63) is 44.7 Å². The van der Waals surface area contributed by atoms with E-state index in [1.807, 2.05) is 11.4 Å². The maximum absolute atomic E-state index is 12.6. The Balaban J connectivity index is 1.64. The Labute approximate surface area is 163 Å². The lowest BCUT2D eigenvalue weighted by molar-refractivity contribution is -0.116. The van der Waals surface area contributed by atoms with Crippen LogP contribution in [0.4, 0.5) is 0 Å². The molecule has 4 rings (SSSR count). The summed E-state index contributed by atoms with van der Waals surface area (Å²) in [4.78, 5) is 13.5. The number of hydrogen-bond acceptors (Lipinski definition) is 9. The minimum Gasteiger partial charge on any atom is -0.444 e. The largest absolute Gasteiger partial charge is 0.444 e. The van der Waals surface area contributed by atoms with E-state index in [0.717, 1.165) is 22.0 Å². The molecular formula is C17H16N6O2S2. The van der Waals surface area contributed by atoms with Crippen molar-refractivity contribution in [2.75, 3.05) is 0 Å². The molecular weight excluding hydrogens is 384 g/mol. The molecule has 0 radical (unpaired) electrons. The van der Waals surface area contributed by atoms with Crippen LogP contribution in [0.5, 0.6) is 0 Å². The van der Waals surface area contributed by atoms with Gasteiger partial charge in [0.05, 0.1) is 5.92 Å². The first-order valence-electron chi connectivity index (χ1n) is 8.34. The fraction of sp³-hybridized carbons (Fsp3) is 0.353. The second kappa shape index (κ2) is 7.17. The Morgan fingerprint density at radius 2 is 2.37 bits per heavy atom. The molecule has 2 aromatic heterocycles. The zero-order valence-electron chi connectivity index (χ0n) is 14.5. The first-order valence-corrected chi connectivity index (χ1v) is 10.2. The summed E-state index contributed by atoms with van der Waals surface area (Å²) >= 11 is 3.05. The maximum Gasteiger partial charge on any atom is 0.209 e. The van der Waals surface area contributed by atoms with Crippen LogP contribution in [-0.4, -0.2) is 26.0 Å². The van der Waals surface area contributed by atoms with Gasteiger partial charge in [0, 0.05) is 36.1 Å². The van der Waals surface area contributed by atoms with Crippen LogP contribution in [0.25, 0.3) is 0 Å². The van der Waals surface area contributed by atoms with Crippen LogP contribution < -0.4 is 5.73 Å². The van der Waals surface area contributed by atoms with Crippen molar-refractivity contribution in [3.63, 3.8) is 0 Å². The topological polar surface area (TPSA) is 120 Å². The molecule has 0 bridgehead atoms. The number of hydrogen-bond donors (Lipinski definition) is 1. The highest BCUT2D eigenvalue weighted by molar-refractivity contribution is 7.98. The van der Waals surface area contributed by atoms with E-state index < -0.39 is 5.92 Å². The molecule has 10 heteroatoms. The number of carbonyl (C=O) groups is 1. The number of rotatable bonds is 4. The monoisotopic (exact) mass is 400 g/mol. The molecule has 0 spiro atoms. The predicted octanol–water partition coefficient (Wildman–Crippen LogP) is 2.38. The number of nitrogens with zero attached hydrogens (tertiary/aromatic N) is 5. The molecule has 27 heavy (non-hydrogen) atoms. The molecule has 2 aromatic rings. The van der Waals surface area contributed by atoms with Gasteiger partial charge in [-0.3, -0.25) is 4.79 Å². The molecule has 0 fully saturated rings. The minimum atomic E-state index is -0.438. The van der Waals surface area contributed by atoms with Gasteiger partial charge in [0.15, 0.2) is 5.78 Å². The number of Topliss-reactive ketones (excluding diaryl/α,β-unsaturated/α-hetero) is 1. The Hall–Kier alpha value is -2.64. The van der Waals surface area contributed by atoms with Crippen LogP contribution in [-0.2, 0) is 22.3 Å². The van der Waals surface area contributed by atoms with Gasteiger partial charge >= 0.3 is 0 Å². The average molecular weight is 400 g/mol. The summed E-state index contributed by atoms with van der Waals surface area (Å²) in [6.45, 7) is 0. The summed E-state index contributed by atoms with van der Waals surface area (Å²) in [5.74, 6) is 1.00. The third kappa shape index (κ3) is 3.24. The van der Waals surface area contributed by atoms with E-state index in [-0.39, 0.29) is 11.7 Å². The number of ketones is 1. The number of aryl methyl sites for hydroxylation is 1. The van der Waals surface area contributed by atoms with Gasteiger partial charge in [-0.25, -0.2) is 4.68 Å². The minimum absolute atomic E-state index is 0.0379. The lowest BCUT2D eigenvalue weighted by atomic mass is 9.80. The van der Waals surface area contributed by atoms with Crippen molar-refractivity contribution < 1.29 is 9.53 Å². The Morgan fingerprint density at radius 1 is 1.52 bits per heavy atom. The van der Waals surface area contributed by atoms with Crippen LogP contribution in [0.15, 0.2) is 39.4 Å². The molecule has 2 N–H and O–H groups in total. The van der Waals surface area contributed by atoms with Crippen LogP contribution >= 0.6 is 23.1 Å². The lowest BCUT2D eigenvalue weighted by Crippen LogP contribution is -2.27. The molecule has 3 heterocycles. The molecule has 0 saturated carbocycles. The van der Waals surface area contributed by atoms with Gasteiger partial charge in [0.2, 0.25) is 11.0 Å². The van der Waals surface area contributed by atoms with E-state index in [1.165, 1.54) is 23.1 Å². The van der Waals surface area contributed by atoms with E-state index in [4.69, 9.17) is 10.5 Å². The van der Waals surface area contributed by atoms with Gasteiger partial charge in [0.25, 0.3) is 0 Å². The fourth-order valence-electron chi connectivity index (χ4n) is 3.25. The van der Waals surface area contributed by atoms with Crippen molar-refractivity contribution in [1.29, 1.82) is 5.26 Å². The Kier molecular flexibility index (Phi) is 4.72. The number of nitrogens with two attached hydrogens (primary N) is 1. The number of ether oxygens (including phenoxy) is 1. The maximum atomic E-state index is 12.6. The van der Waals surface area contributed by atoms with Crippen LogP contribution in [0.2, 0.25) is 0 Å². The van der Waals surface area contributed by atoms with E-state index in [1.54, 1.807) is 11.7 Å². The van der Waals surface area contributed by atoms with Crippen LogP contribution in [0.3, 0.4) is 0 Å². The number of allylic oxidation sites excluding steroid dienone is 3. The standard InChI is InChI=1S/C17H16N6O2S2/c1-23-17(20-21-22-23)27-8-9-5-13(26-7-9)14-10(6-18)16(19)25-12-4-2-3-11(24)15(12)14/h5,7,14H,2-4,8,19H2,1H3/t14-/m1/s1. The third-order valence-electron chi connectivity index (χ3n) is 4.51. The highest BCUT2D eigenvalue weighted by atomic mass is 32.2. The summed E-state index contributed by atoms with van der Waals surface area (Å²) in [6.07, 6.45) is 1.90. The lowest BCUT2D eigenvalue weighted by Gasteiger charge is -2.30. The van der Waals surface area contributed by atoms with E-state index >= 15 is 0 Å². The van der Waals surface area contributed by atoms with E-state index in [2.05, 4.69) is 21.6 Å². The van der Waals surface area contributed by atoms with Gasteiger partial charge in [-0.1, -0.05) is 11.8 Å². The molecule has 1 aliphatic heterocycles. The number of thiophene rings is 1. The Bertz CT molecular complexity index is 1010. The number of aromatic nitrogens is 4. The van der Waals surface area contributed by atoms with Crippen LogP contribution in [0.1, 0.15) is 35.6 Å². The number of thioether (sulfide) groups is 1. The van der Waals surface area contributed by atoms with E-state index in [9.17, 15) is 10.1 Å². The average Bonchev–Trinajstić information content (AvgIpc) is 3.28. The van der Waals surface area contributed by atoms with Crippen molar-refractivity contribution in [2.24, 2.45) is 12.8 Å². The molecule has 0 aromatic carbocycles. The van der Waals surface area contributed by atoms with Crippen molar-refractivity contribution in [1.82, 2.24) is 20.2 Å². The first kappa shape index (κ1) is 17.8. The van der Waals surface area contributed by atoms with Gasteiger partial charge in [-0.05, 0) is 33.9 Å². The summed E-state index contributed by atoms with van der Waals surface area (Å²) < 4.78 is 7.22. The molecule has 2 aliphatic rings. The fourth-order valence-corrected chi connectivity index (χ4v) is 5.17. The third-order valence-corrected chi connectivity index (χ3v) is 6.64. The van der Waals surface area contributed by atoms with Gasteiger partial charge in [-0.15, -0.1) is 16.4 Å². The zero-order chi connectivity index (χ0) is 19.0. The second-order valence-corrected chi connectivity index (χ2v) is 8.15. The summed E-state index contributed by atoms with van der Waals surface area (Å²) in [7, 11) is 1.79. The highest BCUT2D eigenvalue weighted by Gasteiger charge is 2.38. The van der Waals surface area contributed by atoms with Crippen LogP contribution in [0, 0.1) is 11.3 Å². The number of nitriles is 1. The van der Waals surface area contributed by atoms with Crippen molar-refractivity contribution >= 4 is 28.9 Å². The normalized spacial score (nSPS) is 19.7. The molecule has 0 amide bonds. The molecule has 8 nitrogen and oxygen atoms in total. The first-order chi connectivity index (χ1) is 13.1. The zero-order valence-corrected chi connectivity index (χ0v) is 16.1. The molecule has 1 atom stereocenters. The summed E-state index contributed by atoms with van der Waals surface area (Å²) in [5.41, 5.74) is 7.96. The second-order valence-electron chi connectivity index (χ2n) is 6.27. The number of tetrazole rings is 1. The summed E-state index contributed by atoms with van der Waals surface area (Å²) in [6, 6.07) is 4.16. The van der Waals surface area contributed by atoms with Crippen molar-refractivity contribution in [2.45, 2.75) is 36.1 Å². The number of carbonyl (C=O) groups excluding carboxylic acids is 1. The molecule has 1 aliphatic carbocycles. The molecule has 0 unspecified atom stereocenters. The SMILES string of the molecule is Cn1nnnc1SCc1csc([C@H]2C(C#N)=C(N)OC3=C2C(=O)CCC3)c1. The van der Waals surface area contributed by atoms with Gasteiger partial charge in [0.1, 0.15) is 17.4 Å². The smallest absolute Gasteiger partial charge is 0.209 e. The highest BCUT2D eigenvalue weighted by Crippen LogP contribution is 2.45. The molecule has 138 valence electrons. The van der Waals surface area contributed by atoms with E-state index in [0.29, 0.717) is 35.5 Å². The quantitative estimate of drug-likeness (QED) is 0.777. The summed E-state index contributed by atoms with van der Waals surface area (Å²) in [5, 5.41) is 23.8. The molecule has 0 saturated heterocycles.